The molecule has 3 N–H and O–H groups in total. The summed E-state index contributed by atoms with van der Waals surface area (Å²) >= 11 is 0.789. The second kappa shape index (κ2) is 7.69. The lowest BCUT2D eigenvalue weighted by Gasteiger charge is -2.55. The minimum absolute atomic E-state index is 0.0195. The van der Waals surface area contributed by atoms with Crippen molar-refractivity contribution in [3.63, 3.8) is 0 Å². The van der Waals surface area contributed by atoms with Gasteiger partial charge in [0.1, 0.15) is 16.6 Å². The Morgan fingerprint density at radius 3 is 2.53 bits per heavy atom. The van der Waals surface area contributed by atoms with Gasteiger partial charge in [-0.3, -0.25) is 4.79 Å². The van der Waals surface area contributed by atoms with Gasteiger partial charge in [0.05, 0.1) is 18.1 Å². The number of H-pyrrole nitrogens is 1. The highest BCUT2D eigenvalue weighted by Gasteiger charge is 2.80. The zero-order valence-electron chi connectivity index (χ0n) is 23.4. The Hall–Kier alpha value is -1.78. The molecule has 6 rings (SSSR count). The quantitative estimate of drug-likeness (QED) is 0.383. The Morgan fingerprint density at radius 1 is 1.21 bits per heavy atom. The fourth-order valence-electron chi connectivity index (χ4n) is 8.99. The van der Waals surface area contributed by atoms with Crippen molar-refractivity contribution in [3.8, 4) is 0 Å². The number of aliphatic hydroxyl groups excluding tert-OH is 1. The van der Waals surface area contributed by atoms with E-state index in [1.807, 2.05) is 13.0 Å². The van der Waals surface area contributed by atoms with E-state index in [-0.39, 0.29) is 44.9 Å². The first-order valence-electron chi connectivity index (χ1n) is 13.5. The monoisotopic (exact) mass is 545 g/mol. The van der Waals surface area contributed by atoms with E-state index in [2.05, 4.69) is 38.8 Å². The zero-order chi connectivity index (χ0) is 27.8. The molecule has 3 fully saturated rings. The predicted molar refractivity (Wildman–Crippen MR) is 142 cm³/mol. The summed E-state index contributed by atoms with van der Waals surface area (Å²) in [5.74, 6) is -1.83. The summed E-state index contributed by atoms with van der Waals surface area (Å²) in [4.78, 5) is 27.8. The topological polar surface area (TPSA) is 118 Å². The van der Waals surface area contributed by atoms with Crippen molar-refractivity contribution in [1.82, 2.24) is 4.98 Å². The van der Waals surface area contributed by atoms with Gasteiger partial charge < -0.3 is 29.4 Å². The van der Waals surface area contributed by atoms with Crippen molar-refractivity contribution in [3.05, 3.63) is 43.5 Å². The maximum atomic E-state index is 13.4. The van der Waals surface area contributed by atoms with E-state index in [1.54, 1.807) is 20.8 Å². The highest BCUT2D eigenvalue weighted by molar-refractivity contribution is 7.11. The zero-order valence-corrected chi connectivity index (χ0v) is 24.2. The van der Waals surface area contributed by atoms with Crippen molar-refractivity contribution in [2.24, 2.45) is 34.0 Å². The fourth-order valence-corrected chi connectivity index (χ4v) is 9.71. The molecule has 5 aliphatic rings. The molecular formula is C29H39NO7S. The summed E-state index contributed by atoms with van der Waals surface area (Å²) in [6.45, 7) is 16.3. The first kappa shape index (κ1) is 26.4. The fraction of sp³-hybridized carbons (Fsp3) is 0.724. The molecule has 1 spiro atoms. The average molecular weight is 546 g/mol. The van der Waals surface area contributed by atoms with Gasteiger partial charge in [-0.15, -0.1) is 0 Å². The number of esters is 1. The van der Waals surface area contributed by atoms with Crippen molar-refractivity contribution >= 4 is 17.3 Å². The molecule has 2 heterocycles. The summed E-state index contributed by atoms with van der Waals surface area (Å²) in [6.07, 6.45) is 1.98. The van der Waals surface area contributed by atoms with E-state index in [9.17, 15) is 19.8 Å². The van der Waals surface area contributed by atoms with Crippen LogP contribution in [0.2, 0.25) is 0 Å². The third-order valence-corrected chi connectivity index (χ3v) is 11.9. The highest BCUT2D eigenvalue weighted by atomic mass is 32.1. The predicted octanol–water partition coefficient (Wildman–Crippen LogP) is 3.72. The minimum atomic E-state index is -1.79. The van der Waals surface area contributed by atoms with Gasteiger partial charge in [0.2, 0.25) is 0 Å². The molecule has 2 bridgehead atoms. The number of aryl methyl sites for hydroxylation is 1. The molecule has 2 unspecified atom stereocenters. The number of ether oxygens (including phenoxy) is 3. The Balaban J connectivity index is 1.54. The van der Waals surface area contributed by atoms with Crippen LogP contribution in [0.3, 0.4) is 0 Å². The van der Waals surface area contributed by atoms with Gasteiger partial charge in [-0.2, -0.15) is 0 Å². The van der Waals surface area contributed by atoms with Crippen molar-refractivity contribution in [2.75, 3.05) is 6.61 Å². The SMILES string of the molecule is CC1=C[C@]23C(O)[C@@H](C=C4COC(C)(C)O[C@H]4[C@]2(O)[C@H]1OC(=O)c1sc(=O)[nH]c1C)[C@@H]1C(C)(C)C1(C)C[C@H]3C. The third-order valence-electron chi connectivity index (χ3n) is 11.0. The van der Waals surface area contributed by atoms with Crippen LogP contribution >= 0.6 is 11.3 Å². The van der Waals surface area contributed by atoms with Crippen LogP contribution in [-0.2, 0) is 14.2 Å². The molecule has 2 saturated carbocycles. The Morgan fingerprint density at radius 2 is 1.89 bits per heavy atom. The largest absolute Gasteiger partial charge is 0.450 e. The van der Waals surface area contributed by atoms with Crippen LogP contribution in [0, 0.1) is 40.9 Å². The lowest BCUT2D eigenvalue weighted by Crippen LogP contribution is -2.69. The molecule has 1 aliphatic heterocycles. The van der Waals surface area contributed by atoms with Gasteiger partial charge in [0, 0.05) is 11.6 Å². The maximum absolute atomic E-state index is 13.4. The lowest BCUT2D eigenvalue weighted by atomic mass is 9.57. The number of fused-ring (bicyclic) bond motifs is 5. The third kappa shape index (κ3) is 3.05. The van der Waals surface area contributed by atoms with Crippen molar-refractivity contribution in [1.29, 1.82) is 0 Å². The van der Waals surface area contributed by atoms with E-state index in [1.165, 1.54) is 0 Å². The van der Waals surface area contributed by atoms with Crippen LogP contribution < -0.4 is 4.87 Å². The number of hydrogen-bond acceptors (Lipinski definition) is 8. The van der Waals surface area contributed by atoms with Crippen LogP contribution in [0.4, 0.5) is 0 Å². The Kier molecular flexibility index (Phi) is 5.35. The number of aromatic amines is 1. The minimum Gasteiger partial charge on any atom is -0.450 e. The van der Waals surface area contributed by atoms with Gasteiger partial charge in [-0.05, 0) is 67.9 Å². The normalized spacial score (nSPS) is 45.9. The number of hydrogen-bond donors (Lipinski definition) is 3. The lowest BCUT2D eigenvalue weighted by molar-refractivity contribution is -0.312. The smallest absolute Gasteiger partial charge is 0.351 e. The van der Waals surface area contributed by atoms with Gasteiger partial charge in [0.15, 0.2) is 11.9 Å². The van der Waals surface area contributed by atoms with Crippen LogP contribution in [0.25, 0.3) is 0 Å². The van der Waals surface area contributed by atoms with Crippen molar-refractivity contribution < 1.29 is 29.2 Å². The number of aliphatic hydroxyl groups is 2. The van der Waals surface area contributed by atoms with E-state index in [0.29, 0.717) is 11.3 Å². The summed E-state index contributed by atoms with van der Waals surface area (Å²) < 4.78 is 18.7. The molecule has 8 nitrogen and oxygen atoms in total. The molecule has 1 aromatic rings. The first-order chi connectivity index (χ1) is 17.5. The van der Waals surface area contributed by atoms with Crippen molar-refractivity contribution in [2.45, 2.75) is 91.5 Å². The number of thiazole rings is 1. The van der Waals surface area contributed by atoms with E-state index >= 15 is 0 Å². The Bertz CT molecular complexity index is 1340. The van der Waals surface area contributed by atoms with Gasteiger partial charge in [-0.1, -0.05) is 51.2 Å². The van der Waals surface area contributed by atoms with E-state index in [4.69, 9.17) is 14.2 Å². The van der Waals surface area contributed by atoms with Crippen LogP contribution in [0.15, 0.2) is 28.1 Å². The van der Waals surface area contributed by atoms with Crippen LogP contribution in [0.5, 0.6) is 0 Å². The highest BCUT2D eigenvalue weighted by Crippen LogP contribution is 2.79. The molecule has 0 radical (unpaired) electrons. The molecular weight excluding hydrogens is 506 g/mol. The average Bonchev–Trinajstić information content (AvgIpc) is 3.02. The molecule has 9 heteroatoms. The molecule has 9 atom stereocenters. The van der Waals surface area contributed by atoms with E-state index < -0.39 is 41.1 Å². The maximum Gasteiger partial charge on any atom is 0.351 e. The molecule has 1 aromatic heterocycles. The van der Waals surface area contributed by atoms with Crippen LogP contribution in [-0.4, -0.2) is 57.5 Å². The summed E-state index contributed by atoms with van der Waals surface area (Å²) in [6, 6.07) is 0. The number of carbonyl (C=O) groups is 1. The molecule has 1 saturated heterocycles. The van der Waals surface area contributed by atoms with E-state index in [0.717, 1.165) is 23.3 Å². The first-order valence-corrected chi connectivity index (χ1v) is 14.4. The molecule has 4 aliphatic carbocycles. The summed E-state index contributed by atoms with van der Waals surface area (Å²) in [7, 11) is 0. The number of nitrogens with one attached hydrogen (secondary N) is 1. The second-order valence-electron chi connectivity index (χ2n) is 13.6. The molecule has 38 heavy (non-hydrogen) atoms. The van der Waals surface area contributed by atoms with Gasteiger partial charge >= 0.3 is 10.8 Å². The van der Waals surface area contributed by atoms with Crippen LogP contribution in [0.1, 0.15) is 70.3 Å². The number of aromatic nitrogens is 1. The Labute approximate surface area is 227 Å². The second-order valence-corrected chi connectivity index (χ2v) is 14.6. The van der Waals surface area contributed by atoms with Gasteiger partial charge in [0.25, 0.3) is 0 Å². The molecule has 0 amide bonds. The summed E-state index contributed by atoms with van der Waals surface area (Å²) in [5, 5.41) is 25.5. The molecule has 0 aromatic carbocycles. The summed E-state index contributed by atoms with van der Waals surface area (Å²) in [5.41, 5.74) is -1.06. The number of rotatable bonds is 2. The standard InChI is InChI=1S/C29H39NO7S/c1-13-10-28-14(2)11-27(8)19(25(27,4)5)17(20(28)31)9-16-12-35-26(6,7)37-22(16)29(28,34)21(13)36-23(32)18-15(3)30-24(33)38-18/h9-10,14,17,19-22,31,34H,11-12H2,1-8H3,(H,30,33)/t14-,17+,19-,20?,21+,22-,27?,28+,29-/m1/s1. The van der Waals surface area contributed by atoms with Gasteiger partial charge in [-0.25, -0.2) is 4.79 Å². The number of carbonyl (C=O) groups excluding carboxylic acids is 1. The molecule has 208 valence electrons.